The molecule has 0 saturated carbocycles. The van der Waals surface area contributed by atoms with Crippen LogP contribution in [-0.4, -0.2) is 43.6 Å². The molecular formula is C12H20N2O4S. The molecule has 1 aromatic rings. The minimum Gasteiger partial charge on any atom is -0.397 e. The van der Waals surface area contributed by atoms with Crippen molar-refractivity contribution in [2.24, 2.45) is 0 Å². The van der Waals surface area contributed by atoms with Crippen LogP contribution in [0.1, 0.15) is 13.3 Å². The van der Waals surface area contributed by atoms with Crippen LogP contribution in [0.15, 0.2) is 23.1 Å². The number of sulfone groups is 1. The molecule has 0 heterocycles. The second-order valence-electron chi connectivity index (χ2n) is 4.60. The van der Waals surface area contributed by atoms with Gasteiger partial charge in [-0.2, -0.15) is 0 Å². The first kappa shape index (κ1) is 15.7. The molecule has 1 aromatic carbocycles. The Balaban J connectivity index is 3.11. The van der Waals surface area contributed by atoms with Crippen LogP contribution < -0.4 is 11.1 Å². The molecule has 0 aliphatic heterocycles. The van der Waals surface area contributed by atoms with Crippen LogP contribution in [0.3, 0.4) is 0 Å². The smallest absolute Gasteiger partial charge is 0.175 e. The van der Waals surface area contributed by atoms with E-state index in [-0.39, 0.29) is 23.8 Å². The van der Waals surface area contributed by atoms with Crippen molar-refractivity contribution < 1.29 is 18.6 Å². The van der Waals surface area contributed by atoms with E-state index in [1.807, 2.05) is 6.92 Å². The van der Waals surface area contributed by atoms with E-state index in [1.54, 1.807) is 0 Å². The molecule has 0 radical (unpaired) electrons. The van der Waals surface area contributed by atoms with Crippen LogP contribution >= 0.6 is 0 Å². The Kier molecular flexibility index (Phi) is 4.78. The molecule has 0 atom stereocenters. The Bertz CT molecular complexity index is 530. The predicted octanol–water partition coefficient (Wildman–Crippen LogP) is 0.218. The van der Waals surface area contributed by atoms with E-state index in [0.717, 1.165) is 6.26 Å². The molecule has 0 bridgehead atoms. The quantitative estimate of drug-likeness (QED) is 0.557. The number of rotatable bonds is 6. The molecule has 0 aliphatic carbocycles. The lowest BCUT2D eigenvalue weighted by molar-refractivity contribution is 0.132. The standard InChI is InChI=1S/C12H20N2O4S/c1-3-12(7-15,8-16)14-11-5-4-9(6-10(11)13)19(2,17)18/h4-6,14-16H,3,7-8,13H2,1-2H3. The van der Waals surface area contributed by atoms with Gasteiger partial charge in [0.15, 0.2) is 9.84 Å². The van der Waals surface area contributed by atoms with E-state index in [1.165, 1.54) is 18.2 Å². The molecular weight excluding hydrogens is 268 g/mol. The topological polar surface area (TPSA) is 113 Å². The van der Waals surface area contributed by atoms with Crippen LogP contribution in [0.5, 0.6) is 0 Å². The van der Waals surface area contributed by atoms with Gasteiger partial charge in [-0.25, -0.2) is 8.42 Å². The molecule has 0 amide bonds. The number of nitrogens with two attached hydrogens (primary N) is 1. The molecule has 5 N–H and O–H groups in total. The van der Waals surface area contributed by atoms with Crippen molar-refractivity contribution in [2.75, 3.05) is 30.5 Å². The summed E-state index contributed by atoms with van der Waals surface area (Å²) >= 11 is 0. The van der Waals surface area contributed by atoms with E-state index in [9.17, 15) is 18.6 Å². The van der Waals surface area contributed by atoms with Gasteiger partial charge in [0.25, 0.3) is 0 Å². The van der Waals surface area contributed by atoms with Crippen LogP contribution in [-0.2, 0) is 9.84 Å². The number of benzene rings is 1. The third-order valence-corrected chi connectivity index (χ3v) is 4.24. The molecule has 0 saturated heterocycles. The van der Waals surface area contributed by atoms with Gasteiger partial charge in [-0.05, 0) is 24.6 Å². The summed E-state index contributed by atoms with van der Waals surface area (Å²) in [5, 5.41) is 21.7. The van der Waals surface area contributed by atoms with E-state index in [2.05, 4.69) is 5.32 Å². The summed E-state index contributed by atoms with van der Waals surface area (Å²) in [5.74, 6) is 0. The Morgan fingerprint density at radius 3 is 2.26 bits per heavy atom. The molecule has 1 rings (SSSR count). The van der Waals surface area contributed by atoms with Crippen molar-refractivity contribution in [2.45, 2.75) is 23.8 Å². The van der Waals surface area contributed by atoms with Crippen molar-refractivity contribution in [3.05, 3.63) is 18.2 Å². The third-order valence-electron chi connectivity index (χ3n) is 3.13. The van der Waals surface area contributed by atoms with Gasteiger partial charge in [0.2, 0.25) is 0 Å². The number of hydrogen-bond donors (Lipinski definition) is 4. The normalized spacial score (nSPS) is 12.4. The molecule has 6 nitrogen and oxygen atoms in total. The van der Waals surface area contributed by atoms with Gasteiger partial charge < -0.3 is 21.3 Å². The third kappa shape index (κ3) is 3.59. The highest BCUT2D eigenvalue weighted by molar-refractivity contribution is 7.90. The average Bonchev–Trinajstić information content (AvgIpc) is 2.37. The largest absolute Gasteiger partial charge is 0.397 e. The first-order chi connectivity index (χ1) is 8.78. The molecule has 7 heteroatoms. The summed E-state index contributed by atoms with van der Waals surface area (Å²) in [6, 6.07) is 4.32. The second kappa shape index (κ2) is 5.77. The number of anilines is 2. The highest BCUT2D eigenvalue weighted by Gasteiger charge is 2.27. The molecule has 0 aromatic heterocycles. The average molecular weight is 288 g/mol. The van der Waals surface area contributed by atoms with E-state index in [4.69, 9.17) is 5.73 Å². The minimum absolute atomic E-state index is 0.130. The van der Waals surface area contributed by atoms with Crippen LogP contribution in [0, 0.1) is 0 Å². The number of aliphatic hydroxyl groups is 2. The predicted molar refractivity (Wildman–Crippen MR) is 74.8 cm³/mol. The maximum atomic E-state index is 11.4. The highest BCUT2D eigenvalue weighted by Crippen LogP contribution is 2.26. The van der Waals surface area contributed by atoms with E-state index < -0.39 is 15.4 Å². The Morgan fingerprint density at radius 2 is 1.89 bits per heavy atom. The van der Waals surface area contributed by atoms with Crippen LogP contribution in [0.4, 0.5) is 11.4 Å². The number of aliphatic hydroxyl groups excluding tert-OH is 2. The number of nitrogen functional groups attached to an aromatic ring is 1. The van der Waals surface area contributed by atoms with Gasteiger partial charge >= 0.3 is 0 Å². The van der Waals surface area contributed by atoms with Crippen molar-refractivity contribution >= 4 is 21.2 Å². The van der Waals surface area contributed by atoms with Gasteiger partial charge in [0, 0.05) is 6.26 Å². The summed E-state index contributed by atoms with van der Waals surface area (Å²) < 4.78 is 22.8. The minimum atomic E-state index is -3.31. The molecule has 0 fully saturated rings. The number of hydrogen-bond acceptors (Lipinski definition) is 6. The first-order valence-electron chi connectivity index (χ1n) is 5.87. The number of nitrogens with one attached hydrogen (secondary N) is 1. The van der Waals surface area contributed by atoms with Crippen molar-refractivity contribution in [3.63, 3.8) is 0 Å². The van der Waals surface area contributed by atoms with Crippen molar-refractivity contribution in [1.29, 1.82) is 0 Å². The molecule has 0 aliphatic rings. The summed E-state index contributed by atoms with van der Waals surface area (Å²) in [6.07, 6.45) is 1.60. The van der Waals surface area contributed by atoms with Crippen molar-refractivity contribution in [1.82, 2.24) is 0 Å². The Hall–Kier alpha value is -1.31. The highest BCUT2D eigenvalue weighted by atomic mass is 32.2. The fourth-order valence-corrected chi connectivity index (χ4v) is 2.27. The summed E-state index contributed by atoms with van der Waals surface area (Å²) in [7, 11) is -3.31. The summed E-state index contributed by atoms with van der Waals surface area (Å²) in [5.41, 5.74) is 5.66. The fourth-order valence-electron chi connectivity index (χ4n) is 1.61. The van der Waals surface area contributed by atoms with Gasteiger partial charge in [-0.3, -0.25) is 0 Å². The summed E-state index contributed by atoms with van der Waals surface area (Å²) in [6.45, 7) is 1.31. The lowest BCUT2D eigenvalue weighted by atomic mass is 9.98. The van der Waals surface area contributed by atoms with Gasteiger partial charge in [-0.15, -0.1) is 0 Å². The van der Waals surface area contributed by atoms with E-state index in [0.29, 0.717) is 12.1 Å². The van der Waals surface area contributed by atoms with Gasteiger partial charge in [0.1, 0.15) is 0 Å². The maximum Gasteiger partial charge on any atom is 0.175 e. The zero-order chi connectivity index (χ0) is 14.7. The lowest BCUT2D eigenvalue weighted by Crippen LogP contribution is -2.45. The Labute approximate surface area is 113 Å². The van der Waals surface area contributed by atoms with Crippen molar-refractivity contribution in [3.8, 4) is 0 Å². The monoisotopic (exact) mass is 288 g/mol. The molecule has 0 unspecified atom stereocenters. The summed E-state index contributed by atoms with van der Waals surface area (Å²) in [4.78, 5) is 0.130. The van der Waals surface area contributed by atoms with Crippen LogP contribution in [0.2, 0.25) is 0 Å². The van der Waals surface area contributed by atoms with Gasteiger partial charge in [0.05, 0.1) is 35.0 Å². The Morgan fingerprint density at radius 1 is 1.32 bits per heavy atom. The molecule has 0 spiro atoms. The van der Waals surface area contributed by atoms with E-state index >= 15 is 0 Å². The van der Waals surface area contributed by atoms with Gasteiger partial charge in [-0.1, -0.05) is 6.92 Å². The zero-order valence-corrected chi connectivity index (χ0v) is 11.9. The lowest BCUT2D eigenvalue weighted by Gasteiger charge is -2.31. The maximum absolute atomic E-state index is 11.4. The second-order valence-corrected chi connectivity index (χ2v) is 6.61. The first-order valence-corrected chi connectivity index (χ1v) is 7.76. The molecule has 19 heavy (non-hydrogen) atoms. The fraction of sp³-hybridized carbons (Fsp3) is 0.500. The SMILES string of the molecule is CCC(CO)(CO)Nc1ccc(S(C)(=O)=O)cc1N. The zero-order valence-electron chi connectivity index (χ0n) is 11.0. The molecule has 108 valence electrons. The van der Waals surface area contributed by atoms with Crippen LogP contribution in [0.25, 0.3) is 0 Å².